The van der Waals surface area contributed by atoms with Crippen LogP contribution in [0, 0.1) is 5.92 Å². The van der Waals surface area contributed by atoms with Crippen LogP contribution in [0.5, 0.6) is 0 Å². The van der Waals surface area contributed by atoms with E-state index in [4.69, 9.17) is 0 Å². The maximum Gasteiger partial charge on any atom is 0.0296 e. The molecule has 0 saturated carbocycles. The Kier molecular flexibility index (Phi) is 5.30. The number of hydrogen-bond acceptors (Lipinski definition) is 2. The van der Waals surface area contributed by atoms with Crippen LogP contribution in [-0.4, -0.2) is 36.6 Å². The van der Waals surface area contributed by atoms with Crippen LogP contribution in [0.2, 0.25) is 0 Å². The normalized spacial score (nSPS) is 32.9. The topological polar surface area (TPSA) is 15.3 Å². The lowest BCUT2D eigenvalue weighted by molar-refractivity contribution is 0.0963. The van der Waals surface area contributed by atoms with Crippen LogP contribution < -0.4 is 5.32 Å². The van der Waals surface area contributed by atoms with Crippen molar-refractivity contribution in [1.82, 2.24) is 10.2 Å². The minimum absolute atomic E-state index is 0.636. The van der Waals surface area contributed by atoms with E-state index < -0.39 is 0 Å². The first kappa shape index (κ1) is 13.2. The molecule has 0 aromatic rings. The Morgan fingerprint density at radius 2 is 2.20 bits per heavy atom. The molecule has 0 spiro atoms. The highest BCUT2D eigenvalue weighted by molar-refractivity contribution is 9.11. The van der Waals surface area contributed by atoms with Gasteiger partial charge in [-0.3, -0.25) is 4.90 Å². The Hall–Kier alpha value is 0.140. The predicted octanol–water partition coefficient (Wildman–Crippen LogP) is 2.60. The summed E-state index contributed by atoms with van der Waals surface area (Å²) in [6.07, 6.45) is 1.25. The number of nitrogens with one attached hydrogen (secondary N) is 1. The van der Waals surface area contributed by atoms with Crippen LogP contribution in [0.4, 0.5) is 0 Å². The van der Waals surface area contributed by atoms with Gasteiger partial charge in [0.1, 0.15) is 0 Å². The van der Waals surface area contributed by atoms with Gasteiger partial charge in [-0.15, -0.1) is 0 Å². The summed E-state index contributed by atoms with van der Waals surface area (Å²) in [7, 11) is 0. The Bertz CT molecular complexity index is 218. The first-order valence-electron chi connectivity index (χ1n) is 5.87. The fourth-order valence-corrected chi connectivity index (χ4v) is 2.76. The molecule has 1 fully saturated rings. The highest BCUT2D eigenvalue weighted by Gasteiger charge is 2.31. The van der Waals surface area contributed by atoms with Crippen molar-refractivity contribution in [2.75, 3.05) is 19.6 Å². The maximum atomic E-state index is 3.92. The van der Waals surface area contributed by atoms with Gasteiger partial charge < -0.3 is 5.32 Å². The summed E-state index contributed by atoms with van der Waals surface area (Å²) in [5, 5.41) is 3.58. The van der Waals surface area contributed by atoms with Crippen LogP contribution in [0.1, 0.15) is 27.2 Å². The van der Waals surface area contributed by atoms with Gasteiger partial charge in [0.2, 0.25) is 0 Å². The van der Waals surface area contributed by atoms with Crippen LogP contribution in [0.3, 0.4) is 0 Å². The minimum Gasteiger partial charge on any atom is -0.314 e. The van der Waals surface area contributed by atoms with E-state index in [1.165, 1.54) is 13.0 Å². The zero-order valence-corrected chi connectivity index (χ0v) is 11.7. The van der Waals surface area contributed by atoms with E-state index in [9.17, 15) is 0 Å². The van der Waals surface area contributed by atoms with Crippen molar-refractivity contribution < 1.29 is 0 Å². The van der Waals surface area contributed by atoms with Crippen molar-refractivity contribution in [2.24, 2.45) is 5.92 Å². The minimum atomic E-state index is 0.636. The van der Waals surface area contributed by atoms with Crippen LogP contribution >= 0.6 is 15.9 Å². The molecule has 3 heteroatoms. The van der Waals surface area contributed by atoms with E-state index >= 15 is 0 Å². The number of likely N-dealkylation sites (tertiary alicyclic amines) is 1. The second kappa shape index (κ2) is 6.02. The molecule has 1 aliphatic rings. The molecule has 0 bridgehead atoms. The average Bonchev–Trinajstić information content (AvgIpc) is 2.17. The molecule has 1 heterocycles. The number of rotatable bonds is 4. The predicted molar refractivity (Wildman–Crippen MR) is 70.3 cm³/mol. The molecule has 1 aliphatic heterocycles. The molecule has 0 amide bonds. The lowest BCUT2D eigenvalue weighted by Gasteiger charge is -2.43. The third-order valence-electron chi connectivity index (χ3n) is 3.54. The first-order valence-corrected chi connectivity index (χ1v) is 6.66. The Labute approximate surface area is 102 Å². The number of halogens is 1. The van der Waals surface area contributed by atoms with Crippen molar-refractivity contribution in [3.05, 3.63) is 11.1 Å². The van der Waals surface area contributed by atoms with Crippen LogP contribution in [0.15, 0.2) is 11.1 Å². The van der Waals surface area contributed by atoms with Crippen molar-refractivity contribution in [3.63, 3.8) is 0 Å². The van der Waals surface area contributed by atoms with Gasteiger partial charge >= 0.3 is 0 Å². The van der Waals surface area contributed by atoms with E-state index in [0.29, 0.717) is 18.0 Å². The largest absolute Gasteiger partial charge is 0.314 e. The highest BCUT2D eigenvalue weighted by atomic mass is 79.9. The Balaban J connectivity index is 2.52. The van der Waals surface area contributed by atoms with E-state index in [1.54, 1.807) is 0 Å². The van der Waals surface area contributed by atoms with Gasteiger partial charge in [0, 0.05) is 29.7 Å². The lowest BCUT2D eigenvalue weighted by atomic mass is 9.87. The highest BCUT2D eigenvalue weighted by Crippen LogP contribution is 2.24. The van der Waals surface area contributed by atoms with Gasteiger partial charge in [-0.25, -0.2) is 0 Å². The van der Waals surface area contributed by atoms with Gasteiger partial charge in [-0.1, -0.05) is 36.4 Å². The summed E-state index contributed by atoms with van der Waals surface area (Å²) in [5.74, 6) is 0.713. The monoisotopic (exact) mass is 274 g/mol. The van der Waals surface area contributed by atoms with E-state index in [0.717, 1.165) is 17.6 Å². The lowest BCUT2D eigenvalue weighted by Crippen LogP contribution is -2.53. The average molecular weight is 275 g/mol. The number of hydrogen-bond donors (Lipinski definition) is 1. The van der Waals surface area contributed by atoms with Crippen LogP contribution in [0.25, 0.3) is 0 Å². The van der Waals surface area contributed by atoms with Gasteiger partial charge in [0.15, 0.2) is 0 Å². The fraction of sp³-hybridized carbons (Fsp3) is 0.833. The molecule has 2 nitrogen and oxygen atoms in total. The fourth-order valence-electron chi connectivity index (χ4n) is 2.43. The zero-order valence-electron chi connectivity index (χ0n) is 10.1. The summed E-state index contributed by atoms with van der Waals surface area (Å²) in [6.45, 7) is 14.0. The standard InChI is InChI=1S/C12H23BrN2/c1-5-14-12-6-7-15(8-9(2)13)11(4)10(12)3/h10-12,14H,2,5-8H2,1,3-4H3. The molecule has 1 rings (SSSR count). The first-order chi connectivity index (χ1) is 7.06. The zero-order chi connectivity index (χ0) is 11.4. The molecule has 0 aromatic heterocycles. The van der Waals surface area contributed by atoms with Gasteiger partial charge in [-0.2, -0.15) is 0 Å². The number of piperidine rings is 1. The molecule has 3 unspecified atom stereocenters. The second-order valence-electron chi connectivity index (χ2n) is 4.54. The third-order valence-corrected chi connectivity index (χ3v) is 3.79. The third kappa shape index (κ3) is 3.58. The molecule has 1 N–H and O–H groups in total. The smallest absolute Gasteiger partial charge is 0.0296 e. The second-order valence-corrected chi connectivity index (χ2v) is 5.66. The Morgan fingerprint density at radius 3 is 2.73 bits per heavy atom. The summed E-state index contributed by atoms with van der Waals surface area (Å²) in [5.41, 5.74) is 0. The van der Waals surface area contributed by atoms with Crippen molar-refractivity contribution >= 4 is 15.9 Å². The quantitative estimate of drug-likeness (QED) is 0.848. The molecular formula is C12H23BrN2. The van der Waals surface area contributed by atoms with Gasteiger partial charge in [-0.05, 0) is 25.8 Å². The summed E-state index contributed by atoms with van der Waals surface area (Å²) in [6, 6.07) is 1.32. The number of nitrogens with zero attached hydrogens (tertiary/aromatic N) is 1. The maximum absolute atomic E-state index is 3.92. The SMILES string of the molecule is C=C(Br)CN1CCC(NCC)C(C)C1C. The molecule has 3 atom stereocenters. The molecular weight excluding hydrogens is 252 g/mol. The summed E-state index contributed by atoms with van der Waals surface area (Å²) >= 11 is 3.45. The van der Waals surface area contributed by atoms with Crippen LogP contribution in [-0.2, 0) is 0 Å². The molecule has 0 aliphatic carbocycles. The van der Waals surface area contributed by atoms with Gasteiger partial charge in [0.25, 0.3) is 0 Å². The molecule has 0 aromatic carbocycles. The molecule has 88 valence electrons. The summed E-state index contributed by atoms with van der Waals surface area (Å²) in [4.78, 5) is 2.51. The Morgan fingerprint density at radius 1 is 1.53 bits per heavy atom. The molecule has 15 heavy (non-hydrogen) atoms. The van der Waals surface area contributed by atoms with Crippen molar-refractivity contribution in [1.29, 1.82) is 0 Å². The van der Waals surface area contributed by atoms with Gasteiger partial charge in [0.05, 0.1) is 0 Å². The van der Waals surface area contributed by atoms with Crippen molar-refractivity contribution in [2.45, 2.75) is 39.3 Å². The molecule has 0 radical (unpaired) electrons. The van der Waals surface area contributed by atoms with E-state index in [1.807, 2.05) is 0 Å². The van der Waals surface area contributed by atoms with E-state index in [2.05, 4.69) is 53.5 Å². The molecule has 1 saturated heterocycles. The van der Waals surface area contributed by atoms with E-state index in [-0.39, 0.29) is 0 Å². The van der Waals surface area contributed by atoms with Crippen molar-refractivity contribution in [3.8, 4) is 0 Å². The summed E-state index contributed by atoms with van der Waals surface area (Å²) < 4.78 is 1.09.